The maximum Gasteiger partial charge on any atom is 0.225 e. The van der Waals surface area contributed by atoms with Gasteiger partial charge < -0.3 is 10.0 Å². The summed E-state index contributed by atoms with van der Waals surface area (Å²) >= 11 is 7.86. The van der Waals surface area contributed by atoms with E-state index in [4.69, 9.17) is 11.6 Å². The van der Waals surface area contributed by atoms with Crippen molar-refractivity contribution in [2.75, 3.05) is 24.6 Å². The number of thiophene rings is 1. The van der Waals surface area contributed by atoms with Gasteiger partial charge in [0.25, 0.3) is 0 Å². The van der Waals surface area contributed by atoms with Crippen molar-refractivity contribution in [1.82, 2.24) is 9.97 Å². The summed E-state index contributed by atoms with van der Waals surface area (Å²) in [5, 5.41) is 10.7. The molecule has 0 fully saturated rings. The Balaban J connectivity index is 2.32. The van der Waals surface area contributed by atoms with Crippen molar-refractivity contribution in [3.63, 3.8) is 0 Å². The molecule has 0 unspecified atom stereocenters. The highest BCUT2D eigenvalue weighted by molar-refractivity contribution is 7.19. The first-order valence-electron chi connectivity index (χ1n) is 8.50. The Labute approximate surface area is 157 Å². The first-order chi connectivity index (χ1) is 12.1. The summed E-state index contributed by atoms with van der Waals surface area (Å²) in [6, 6.07) is 8.55. The Morgan fingerprint density at radius 3 is 2.48 bits per heavy atom. The van der Waals surface area contributed by atoms with Gasteiger partial charge in [0.1, 0.15) is 10.6 Å². The molecule has 0 amide bonds. The van der Waals surface area contributed by atoms with Crippen LogP contribution in [-0.4, -0.2) is 34.8 Å². The zero-order chi connectivity index (χ0) is 18.0. The second kappa shape index (κ2) is 7.68. The predicted octanol–water partition coefficient (Wildman–Crippen LogP) is 4.70. The Bertz CT molecular complexity index is 877. The predicted molar refractivity (Wildman–Crippen MR) is 107 cm³/mol. The van der Waals surface area contributed by atoms with Gasteiger partial charge in [-0.05, 0) is 37.4 Å². The van der Waals surface area contributed by atoms with E-state index in [0.29, 0.717) is 6.54 Å². The van der Waals surface area contributed by atoms with E-state index in [0.717, 1.165) is 29.0 Å². The van der Waals surface area contributed by atoms with E-state index in [9.17, 15) is 5.11 Å². The molecule has 0 atom stereocenters. The monoisotopic (exact) mass is 375 g/mol. The van der Waals surface area contributed by atoms with Crippen LogP contribution in [-0.2, 0) is 6.42 Å². The smallest absolute Gasteiger partial charge is 0.225 e. The van der Waals surface area contributed by atoms with E-state index in [1.807, 2.05) is 0 Å². The average Bonchev–Trinajstić information content (AvgIpc) is 2.98. The maximum atomic E-state index is 9.42. The highest BCUT2D eigenvalue weighted by Gasteiger charge is 2.22. The number of rotatable bonds is 6. The summed E-state index contributed by atoms with van der Waals surface area (Å²) < 4.78 is 0. The Morgan fingerprint density at radius 2 is 1.88 bits per heavy atom. The molecule has 2 aromatic heterocycles. The van der Waals surface area contributed by atoms with Gasteiger partial charge in [-0.2, -0.15) is 4.98 Å². The summed E-state index contributed by atoms with van der Waals surface area (Å²) in [7, 11) is 0. The van der Waals surface area contributed by atoms with Gasteiger partial charge in [0.2, 0.25) is 5.28 Å². The van der Waals surface area contributed by atoms with Crippen LogP contribution in [0.1, 0.15) is 24.3 Å². The van der Waals surface area contributed by atoms with Crippen LogP contribution in [0.25, 0.3) is 21.3 Å². The van der Waals surface area contributed by atoms with Crippen LogP contribution in [0.3, 0.4) is 0 Å². The normalized spacial score (nSPS) is 11.2. The molecule has 0 saturated carbocycles. The SMILES string of the molecule is CCc1sc2nc(Cl)nc(N(CC)CCO)c2c1-c1ccc(C)cc1. The lowest BCUT2D eigenvalue weighted by Crippen LogP contribution is -2.27. The number of hydrogen-bond donors (Lipinski definition) is 1. The van der Waals surface area contributed by atoms with Gasteiger partial charge in [0.15, 0.2) is 0 Å². The van der Waals surface area contributed by atoms with E-state index in [1.54, 1.807) is 11.3 Å². The lowest BCUT2D eigenvalue weighted by molar-refractivity contribution is 0.302. The van der Waals surface area contributed by atoms with Crippen molar-refractivity contribution in [2.45, 2.75) is 27.2 Å². The van der Waals surface area contributed by atoms with Crippen LogP contribution in [0.15, 0.2) is 24.3 Å². The number of halogens is 1. The summed E-state index contributed by atoms with van der Waals surface area (Å²) in [6.45, 7) is 7.63. The van der Waals surface area contributed by atoms with Crippen LogP contribution in [0, 0.1) is 6.92 Å². The van der Waals surface area contributed by atoms with Crippen LogP contribution in [0.2, 0.25) is 5.28 Å². The second-order valence-corrected chi connectivity index (χ2v) is 7.34. The lowest BCUT2D eigenvalue weighted by atomic mass is 10.0. The summed E-state index contributed by atoms with van der Waals surface area (Å²) in [4.78, 5) is 13.2. The van der Waals surface area contributed by atoms with Crippen LogP contribution >= 0.6 is 22.9 Å². The molecule has 2 heterocycles. The van der Waals surface area contributed by atoms with Gasteiger partial charge in [0, 0.05) is 23.5 Å². The molecule has 25 heavy (non-hydrogen) atoms. The molecule has 1 N–H and O–H groups in total. The van der Waals surface area contributed by atoms with Crippen molar-refractivity contribution in [3.05, 3.63) is 40.0 Å². The molecular formula is C19H22ClN3OS. The second-order valence-electron chi connectivity index (χ2n) is 5.92. The highest BCUT2D eigenvalue weighted by atomic mass is 35.5. The molecule has 0 spiro atoms. The first kappa shape index (κ1) is 18.1. The molecule has 3 rings (SSSR count). The molecule has 0 aliphatic heterocycles. The fourth-order valence-corrected chi connectivity index (χ4v) is 4.38. The largest absolute Gasteiger partial charge is 0.395 e. The van der Waals surface area contributed by atoms with Gasteiger partial charge in [-0.3, -0.25) is 0 Å². The molecule has 0 aliphatic rings. The van der Waals surface area contributed by atoms with E-state index >= 15 is 0 Å². The fraction of sp³-hybridized carbons (Fsp3) is 0.368. The van der Waals surface area contributed by atoms with E-state index in [1.165, 1.54) is 21.6 Å². The third kappa shape index (κ3) is 3.50. The topological polar surface area (TPSA) is 49.2 Å². The maximum absolute atomic E-state index is 9.42. The fourth-order valence-electron chi connectivity index (χ4n) is 3.04. The Morgan fingerprint density at radius 1 is 1.16 bits per heavy atom. The molecule has 6 heteroatoms. The molecule has 0 radical (unpaired) electrons. The van der Waals surface area contributed by atoms with Gasteiger partial charge in [0.05, 0.1) is 12.0 Å². The molecule has 0 bridgehead atoms. The quantitative estimate of drug-likeness (QED) is 0.634. The first-order valence-corrected chi connectivity index (χ1v) is 9.70. The van der Waals surface area contributed by atoms with Gasteiger partial charge in [-0.1, -0.05) is 36.8 Å². The number of aliphatic hydroxyl groups is 1. The number of hydrogen-bond acceptors (Lipinski definition) is 5. The molecule has 1 aromatic carbocycles. The minimum absolute atomic E-state index is 0.0710. The van der Waals surface area contributed by atoms with Gasteiger partial charge in [-0.25, -0.2) is 4.98 Å². The van der Waals surface area contributed by atoms with Crippen LogP contribution in [0.5, 0.6) is 0 Å². The number of nitrogens with zero attached hydrogens (tertiary/aromatic N) is 3. The summed E-state index contributed by atoms with van der Waals surface area (Å²) in [5.74, 6) is 0.804. The average molecular weight is 376 g/mol. The molecule has 132 valence electrons. The minimum Gasteiger partial charge on any atom is -0.395 e. The number of benzene rings is 1. The van der Waals surface area contributed by atoms with E-state index in [2.05, 4.69) is 59.9 Å². The summed E-state index contributed by atoms with van der Waals surface area (Å²) in [5.41, 5.74) is 3.59. The van der Waals surface area contributed by atoms with Crippen molar-refractivity contribution < 1.29 is 5.11 Å². The van der Waals surface area contributed by atoms with Crippen molar-refractivity contribution in [2.24, 2.45) is 0 Å². The standard InChI is InChI=1S/C19H22ClN3OS/c1-4-14-15(13-8-6-12(3)7-9-13)16-17(23(5-2)10-11-24)21-19(20)22-18(16)25-14/h6-9,24H,4-5,10-11H2,1-3H3. The Kier molecular flexibility index (Phi) is 5.57. The highest BCUT2D eigenvalue weighted by Crippen LogP contribution is 2.42. The van der Waals surface area contributed by atoms with E-state index < -0.39 is 0 Å². The molecule has 0 saturated heterocycles. The number of anilines is 1. The number of fused-ring (bicyclic) bond motifs is 1. The number of aromatic nitrogens is 2. The lowest BCUT2D eigenvalue weighted by Gasteiger charge is -2.22. The van der Waals surface area contributed by atoms with Crippen molar-refractivity contribution in [1.29, 1.82) is 0 Å². The molecule has 0 aliphatic carbocycles. The summed E-state index contributed by atoms with van der Waals surface area (Å²) in [6.07, 6.45) is 0.924. The number of aliphatic hydroxyl groups excluding tert-OH is 1. The van der Waals surface area contributed by atoms with Crippen LogP contribution in [0.4, 0.5) is 5.82 Å². The number of likely N-dealkylation sites (N-methyl/N-ethyl adjacent to an activating group) is 1. The number of aryl methyl sites for hydroxylation is 2. The van der Waals surface area contributed by atoms with Crippen molar-refractivity contribution in [3.8, 4) is 11.1 Å². The Hall–Kier alpha value is -1.69. The third-order valence-corrected chi connectivity index (χ3v) is 5.69. The molecular weight excluding hydrogens is 354 g/mol. The third-order valence-electron chi connectivity index (χ3n) is 4.29. The molecule has 4 nitrogen and oxygen atoms in total. The molecule has 3 aromatic rings. The van der Waals surface area contributed by atoms with E-state index in [-0.39, 0.29) is 11.9 Å². The van der Waals surface area contributed by atoms with Crippen LogP contribution < -0.4 is 4.90 Å². The van der Waals surface area contributed by atoms with Gasteiger partial charge in [-0.15, -0.1) is 11.3 Å². The van der Waals surface area contributed by atoms with Gasteiger partial charge >= 0.3 is 0 Å². The minimum atomic E-state index is 0.0710. The zero-order valence-corrected chi connectivity index (χ0v) is 16.3. The zero-order valence-electron chi connectivity index (χ0n) is 14.7. The van der Waals surface area contributed by atoms with Crippen molar-refractivity contribution >= 4 is 39.0 Å².